The van der Waals surface area contributed by atoms with Gasteiger partial charge >= 0.3 is 0 Å². The minimum Gasteiger partial charge on any atom is -0.311 e. The Balaban J connectivity index is 1.48. The smallest absolute Gasteiger partial charge is 0.0984 e. The van der Waals surface area contributed by atoms with E-state index in [0.29, 0.717) is 0 Å². The van der Waals surface area contributed by atoms with Gasteiger partial charge in [-0.1, -0.05) is 48.5 Å². The third-order valence-corrected chi connectivity index (χ3v) is 6.02. The Labute approximate surface area is 179 Å². The first-order chi connectivity index (χ1) is 14.9. The fourth-order valence-electron chi connectivity index (χ4n) is 3.43. The number of anilines is 3. The van der Waals surface area contributed by atoms with Gasteiger partial charge in [-0.15, -0.1) is 11.3 Å². The molecule has 4 heteroatoms. The minimum atomic E-state index is 0.907. The third-order valence-electron chi connectivity index (χ3n) is 4.86. The zero-order chi connectivity index (χ0) is 20.2. The van der Waals surface area contributed by atoms with Crippen LogP contribution in [-0.2, 0) is 0 Å². The molecule has 5 aromatic rings. The molecule has 0 radical (unpaired) electrons. The van der Waals surface area contributed by atoms with E-state index in [1.54, 1.807) is 29.9 Å². The molecule has 2 heterocycles. The number of para-hydroxylation sites is 2. The van der Waals surface area contributed by atoms with Gasteiger partial charge in [0, 0.05) is 34.3 Å². The van der Waals surface area contributed by atoms with Crippen molar-refractivity contribution in [3.05, 3.63) is 116 Å². The molecule has 0 saturated heterocycles. The molecule has 144 valence electrons. The van der Waals surface area contributed by atoms with Crippen LogP contribution in [0.25, 0.3) is 21.0 Å². The second-order valence-corrected chi connectivity index (χ2v) is 7.89. The predicted molar refractivity (Wildman–Crippen MR) is 125 cm³/mol. The Kier molecular flexibility index (Phi) is 5.06. The maximum absolute atomic E-state index is 4.40. The molecule has 0 bridgehead atoms. The monoisotopic (exact) mass is 405 g/mol. The average Bonchev–Trinajstić information content (AvgIpc) is 3.32. The van der Waals surface area contributed by atoms with Gasteiger partial charge in [-0.3, -0.25) is 9.97 Å². The van der Waals surface area contributed by atoms with Gasteiger partial charge in [-0.25, -0.2) is 0 Å². The highest BCUT2D eigenvalue weighted by Gasteiger charge is 2.12. The summed E-state index contributed by atoms with van der Waals surface area (Å²) in [6.45, 7) is 0. The van der Waals surface area contributed by atoms with Crippen LogP contribution < -0.4 is 4.90 Å². The van der Waals surface area contributed by atoms with E-state index < -0.39 is 0 Å². The Bertz CT molecular complexity index is 1180. The van der Waals surface area contributed by atoms with Gasteiger partial charge in [0.25, 0.3) is 0 Å². The minimum absolute atomic E-state index is 0.907. The number of benzene rings is 3. The van der Waals surface area contributed by atoms with Gasteiger partial charge < -0.3 is 4.90 Å². The van der Waals surface area contributed by atoms with Crippen molar-refractivity contribution in [3.8, 4) is 21.0 Å². The van der Waals surface area contributed by atoms with E-state index in [0.717, 1.165) is 27.6 Å². The van der Waals surface area contributed by atoms with Gasteiger partial charge in [-0.2, -0.15) is 0 Å². The van der Waals surface area contributed by atoms with Crippen LogP contribution in [0.3, 0.4) is 0 Å². The summed E-state index contributed by atoms with van der Waals surface area (Å²) in [7, 11) is 0. The number of rotatable bonds is 5. The van der Waals surface area contributed by atoms with Crippen LogP contribution >= 0.6 is 11.3 Å². The van der Waals surface area contributed by atoms with Crippen LogP contribution in [0.2, 0.25) is 0 Å². The molecule has 0 amide bonds. The highest BCUT2D eigenvalue weighted by atomic mass is 32.1. The van der Waals surface area contributed by atoms with Crippen molar-refractivity contribution >= 4 is 28.4 Å². The fraction of sp³-hybridized carbons (Fsp3) is 0. The van der Waals surface area contributed by atoms with Gasteiger partial charge in [-0.05, 0) is 54.1 Å². The molecule has 0 saturated carbocycles. The first-order valence-electron chi connectivity index (χ1n) is 9.75. The molecule has 30 heavy (non-hydrogen) atoms. The number of aromatic nitrogens is 2. The first kappa shape index (κ1) is 18.3. The van der Waals surface area contributed by atoms with Crippen LogP contribution in [0.4, 0.5) is 17.1 Å². The molecule has 0 spiro atoms. The topological polar surface area (TPSA) is 29.0 Å². The maximum Gasteiger partial charge on any atom is 0.0984 e. The lowest BCUT2D eigenvalue weighted by molar-refractivity contribution is 1.21. The first-order valence-corrected chi connectivity index (χ1v) is 10.6. The average molecular weight is 406 g/mol. The molecule has 0 atom stereocenters. The number of hydrogen-bond donors (Lipinski definition) is 0. The van der Waals surface area contributed by atoms with Crippen molar-refractivity contribution in [2.24, 2.45) is 0 Å². The van der Waals surface area contributed by atoms with Crippen molar-refractivity contribution in [2.75, 3.05) is 4.90 Å². The van der Waals surface area contributed by atoms with E-state index in [1.807, 2.05) is 12.1 Å². The Morgan fingerprint density at radius 1 is 0.567 bits per heavy atom. The van der Waals surface area contributed by atoms with Crippen molar-refractivity contribution in [1.82, 2.24) is 9.97 Å². The fourth-order valence-corrected chi connectivity index (χ4v) is 4.41. The lowest BCUT2D eigenvalue weighted by Gasteiger charge is -2.25. The molecule has 3 aromatic carbocycles. The second-order valence-electron chi connectivity index (χ2n) is 6.81. The summed E-state index contributed by atoms with van der Waals surface area (Å²) in [5, 5.41) is 0. The van der Waals surface area contributed by atoms with E-state index in [2.05, 4.69) is 99.8 Å². The Morgan fingerprint density at radius 2 is 1.17 bits per heavy atom. The largest absolute Gasteiger partial charge is 0.311 e. The van der Waals surface area contributed by atoms with E-state index >= 15 is 0 Å². The van der Waals surface area contributed by atoms with Crippen LogP contribution in [0.1, 0.15) is 0 Å². The molecule has 0 aliphatic carbocycles. The molecule has 0 unspecified atom stereocenters. The summed E-state index contributed by atoms with van der Waals surface area (Å²) in [6, 6.07) is 33.9. The van der Waals surface area contributed by atoms with Gasteiger partial charge in [0.2, 0.25) is 0 Å². The molecule has 0 fully saturated rings. The standard InChI is InChI=1S/C26H19N3S/c1-3-7-21(8-4-1)29(22-9-5-2-6-10-22)23-13-11-20(12-14-23)25-15-16-26(30-25)24-19-27-17-18-28-24/h1-19H. The molecular formula is C26H19N3S. The van der Waals surface area contributed by atoms with Crippen molar-refractivity contribution in [1.29, 1.82) is 0 Å². The van der Waals surface area contributed by atoms with Crippen molar-refractivity contribution in [3.63, 3.8) is 0 Å². The number of nitrogens with zero attached hydrogens (tertiary/aromatic N) is 3. The lowest BCUT2D eigenvalue weighted by Crippen LogP contribution is -2.09. The Morgan fingerprint density at radius 3 is 1.77 bits per heavy atom. The van der Waals surface area contributed by atoms with Crippen LogP contribution in [-0.4, -0.2) is 9.97 Å². The zero-order valence-electron chi connectivity index (χ0n) is 16.2. The van der Waals surface area contributed by atoms with E-state index in [-0.39, 0.29) is 0 Å². The van der Waals surface area contributed by atoms with Crippen molar-refractivity contribution < 1.29 is 0 Å². The summed E-state index contributed by atoms with van der Waals surface area (Å²) in [6.07, 6.45) is 5.23. The normalized spacial score (nSPS) is 10.7. The second kappa shape index (κ2) is 8.31. The van der Waals surface area contributed by atoms with Crippen LogP contribution in [0.15, 0.2) is 116 Å². The van der Waals surface area contributed by atoms with Gasteiger partial charge in [0.05, 0.1) is 16.8 Å². The quantitative estimate of drug-likeness (QED) is 0.306. The van der Waals surface area contributed by atoms with Crippen LogP contribution in [0, 0.1) is 0 Å². The summed E-state index contributed by atoms with van der Waals surface area (Å²) in [5.74, 6) is 0. The molecule has 3 nitrogen and oxygen atoms in total. The van der Waals surface area contributed by atoms with Gasteiger partial charge in [0.15, 0.2) is 0 Å². The number of hydrogen-bond acceptors (Lipinski definition) is 4. The zero-order valence-corrected chi connectivity index (χ0v) is 17.0. The summed E-state index contributed by atoms with van der Waals surface area (Å²) < 4.78 is 0. The summed E-state index contributed by atoms with van der Waals surface area (Å²) in [5.41, 5.74) is 5.50. The third kappa shape index (κ3) is 3.73. The van der Waals surface area contributed by atoms with Gasteiger partial charge in [0.1, 0.15) is 0 Å². The lowest BCUT2D eigenvalue weighted by atomic mass is 10.1. The molecule has 2 aromatic heterocycles. The molecular weight excluding hydrogens is 386 g/mol. The molecule has 0 aliphatic rings. The van der Waals surface area contributed by atoms with E-state index in [9.17, 15) is 0 Å². The number of thiophene rings is 1. The molecule has 0 aliphatic heterocycles. The highest BCUT2D eigenvalue weighted by Crippen LogP contribution is 2.37. The predicted octanol–water partition coefficient (Wildman–Crippen LogP) is 7.34. The van der Waals surface area contributed by atoms with Crippen molar-refractivity contribution in [2.45, 2.75) is 0 Å². The SMILES string of the molecule is c1ccc(N(c2ccccc2)c2ccc(-c3ccc(-c4cnccn4)s3)cc2)cc1. The summed E-state index contributed by atoms with van der Waals surface area (Å²) in [4.78, 5) is 13.2. The van der Waals surface area contributed by atoms with Crippen LogP contribution in [0.5, 0.6) is 0 Å². The highest BCUT2D eigenvalue weighted by molar-refractivity contribution is 7.18. The maximum atomic E-state index is 4.40. The van der Waals surface area contributed by atoms with E-state index in [1.165, 1.54) is 10.4 Å². The summed E-state index contributed by atoms with van der Waals surface area (Å²) >= 11 is 1.73. The van der Waals surface area contributed by atoms with E-state index in [4.69, 9.17) is 0 Å². The Hall–Kier alpha value is -3.76. The molecule has 0 N–H and O–H groups in total. The molecule has 5 rings (SSSR count).